The number of carbonyl (C=O) groups is 1. The van der Waals surface area contributed by atoms with Gasteiger partial charge in [0, 0.05) is 12.6 Å². The molecule has 1 unspecified atom stereocenters. The van der Waals surface area contributed by atoms with Crippen molar-refractivity contribution in [3.05, 3.63) is 89.1 Å². The molecule has 1 aliphatic carbocycles. The molecule has 1 heterocycles. The SMILES string of the molecule is CC(NC(=O)c1coc(CN(Cc2ccc(C(C)(C)C)cc2)C2CC2)n1)c1ccccc1. The number of hydrogen-bond donors (Lipinski definition) is 1. The standard InChI is InChI=1S/C27H33N3O2/c1-19(21-8-6-5-7-9-21)28-26(31)24-18-32-25(29-24)17-30(23-14-15-23)16-20-10-12-22(13-11-20)27(2,3)4/h5-13,18-19,23H,14-17H2,1-4H3,(H,28,31). The largest absolute Gasteiger partial charge is 0.447 e. The lowest BCUT2D eigenvalue weighted by Crippen LogP contribution is -2.27. The molecular weight excluding hydrogens is 398 g/mol. The molecule has 1 amide bonds. The van der Waals surface area contributed by atoms with Gasteiger partial charge in [0.05, 0.1) is 12.6 Å². The molecule has 1 atom stereocenters. The predicted octanol–water partition coefficient (Wildman–Crippen LogP) is 5.63. The number of oxazole rings is 1. The topological polar surface area (TPSA) is 58.4 Å². The zero-order chi connectivity index (χ0) is 22.7. The van der Waals surface area contributed by atoms with Crippen molar-refractivity contribution < 1.29 is 9.21 Å². The first-order valence-electron chi connectivity index (χ1n) is 11.4. The Kier molecular flexibility index (Phi) is 6.47. The Morgan fingerprint density at radius 2 is 1.78 bits per heavy atom. The van der Waals surface area contributed by atoms with Gasteiger partial charge in [-0.05, 0) is 41.9 Å². The first-order valence-corrected chi connectivity index (χ1v) is 11.4. The summed E-state index contributed by atoms with van der Waals surface area (Å²) >= 11 is 0. The lowest BCUT2D eigenvalue weighted by atomic mass is 9.87. The van der Waals surface area contributed by atoms with Crippen molar-refractivity contribution in [1.29, 1.82) is 0 Å². The van der Waals surface area contributed by atoms with Crippen LogP contribution in [0.25, 0.3) is 0 Å². The van der Waals surface area contributed by atoms with Gasteiger partial charge in [-0.15, -0.1) is 0 Å². The molecule has 1 aromatic heterocycles. The van der Waals surface area contributed by atoms with Crippen LogP contribution >= 0.6 is 0 Å². The highest BCUT2D eigenvalue weighted by Crippen LogP contribution is 2.30. The van der Waals surface area contributed by atoms with Gasteiger partial charge in [0.25, 0.3) is 5.91 Å². The lowest BCUT2D eigenvalue weighted by molar-refractivity contribution is 0.0934. The van der Waals surface area contributed by atoms with Gasteiger partial charge in [0.15, 0.2) is 5.69 Å². The van der Waals surface area contributed by atoms with Crippen molar-refractivity contribution >= 4 is 5.91 Å². The van der Waals surface area contributed by atoms with Crippen LogP contribution in [0.1, 0.15) is 79.6 Å². The average Bonchev–Trinajstić information content (AvgIpc) is 3.52. The van der Waals surface area contributed by atoms with Crippen molar-refractivity contribution in [1.82, 2.24) is 15.2 Å². The van der Waals surface area contributed by atoms with Crippen LogP contribution in [0.4, 0.5) is 0 Å². The molecule has 0 bridgehead atoms. The molecule has 32 heavy (non-hydrogen) atoms. The smallest absolute Gasteiger partial charge is 0.273 e. The highest BCUT2D eigenvalue weighted by molar-refractivity contribution is 5.92. The summed E-state index contributed by atoms with van der Waals surface area (Å²) in [6, 6.07) is 19.2. The maximum Gasteiger partial charge on any atom is 0.273 e. The van der Waals surface area contributed by atoms with E-state index in [4.69, 9.17) is 4.42 Å². The zero-order valence-corrected chi connectivity index (χ0v) is 19.5. The second-order valence-electron chi connectivity index (χ2n) is 9.82. The second kappa shape index (κ2) is 9.29. The van der Waals surface area contributed by atoms with Crippen molar-refractivity contribution in [2.45, 2.75) is 71.1 Å². The summed E-state index contributed by atoms with van der Waals surface area (Å²) in [4.78, 5) is 19.5. The molecule has 0 radical (unpaired) electrons. The predicted molar refractivity (Wildman–Crippen MR) is 126 cm³/mol. The Labute approximate surface area is 190 Å². The molecular formula is C27H33N3O2. The van der Waals surface area contributed by atoms with E-state index in [0.29, 0.717) is 24.2 Å². The first kappa shape index (κ1) is 22.3. The maximum absolute atomic E-state index is 12.6. The van der Waals surface area contributed by atoms with Gasteiger partial charge in [-0.2, -0.15) is 0 Å². The number of aromatic nitrogens is 1. The molecule has 0 spiro atoms. The zero-order valence-electron chi connectivity index (χ0n) is 19.5. The number of rotatable bonds is 8. The monoisotopic (exact) mass is 431 g/mol. The highest BCUT2D eigenvalue weighted by atomic mass is 16.3. The van der Waals surface area contributed by atoms with Crippen molar-refractivity contribution in [2.24, 2.45) is 0 Å². The molecule has 1 N–H and O–H groups in total. The summed E-state index contributed by atoms with van der Waals surface area (Å²) in [5, 5.41) is 3.00. The Bertz CT molecular complexity index is 1030. The van der Waals surface area contributed by atoms with Crippen LogP contribution in [0.3, 0.4) is 0 Å². The number of nitrogens with one attached hydrogen (secondary N) is 1. The number of nitrogens with zero attached hydrogens (tertiary/aromatic N) is 2. The van der Waals surface area contributed by atoms with Gasteiger partial charge in [-0.25, -0.2) is 4.98 Å². The van der Waals surface area contributed by atoms with Crippen LogP contribution in [-0.4, -0.2) is 21.8 Å². The summed E-state index contributed by atoms with van der Waals surface area (Å²) < 4.78 is 5.67. The minimum absolute atomic E-state index is 0.0946. The first-order chi connectivity index (χ1) is 15.3. The van der Waals surface area contributed by atoms with Crippen LogP contribution in [0, 0.1) is 0 Å². The number of carbonyl (C=O) groups excluding carboxylic acids is 1. The molecule has 3 aromatic rings. The molecule has 2 aromatic carbocycles. The fourth-order valence-corrected chi connectivity index (χ4v) is 3.86. The van der Waals surface area contributed by atoms with Gasteiger partial charge in [-0.3, -0.25) is 9.69 Å². The maximum atomic E-state index is 12.6. The normalized spacial score (nSPS) is 15.0. The second-order valence-corrected chi connectivity index (χ2v) is 9.82. The van der Waals surface area contributed by atoms with Gasteiger partial charge in [0.1, 0.15) is 6.26 Å². The number of amides is 1. The molecule has 5 heteroatoms. The van der Waals surface area contributed by atoms with E-state index in [0.717, 1.165) is 12.1 Å². The van der Waals surface area contributed by atoms with E-state index in [9.17, 15) is 4.79 Å². The third-order valence-electron chi connectivity index (χ3n) is 6.04. The fourth-order valence-electron chi connectivity index (χ4n) is 3.86. The molecule has 0 aliphatic heterocycles. The van der Waals surface area contributed by atoms with E-state index in [2.05, 4.69) is 60.2 Å². The van der Waals surface area contributed by atoms with E-state index in [1.807, 2.05) is 37.3 Å². The van der Waals surface area contributed by atoms with Crippen LogP contribution < -0.4 is 5.32 Å². The highest BCUT2D eigenvalue weighted by Gasteiger charge is 2.30. The van der Waals surface area contributed by atoms with Crippen LogP contribution in [0.2, 0.25) is 0 Å². The molecule has 1 aliphatic rings. The van der Waals surface area contributed by atoms with Gasteiger partial charge in [-0.1, -0.05) is 75.4 Å². The molecule has 4 rings (SSSR count). The average molecular weight is 432 g/mol. The van der Waals surface area contributed by atoms with Gasteiger partial charge < -0.3 is 9.73 Å². The van der Waals surface area contributed by atoms with E-state index in [1.165, 1.54) is 30.2 Å². The lowest BCUT2D eigenvalue weighted by Gasteiger charge is -2.22. The summed E-state index contributed by atoms with van der Waals surface area (Å²) in [6.45, 7) is 10.1. The number of benzene rings is 2. The van der Waals surface area contributed by atoms with Gasteiger partial charge in [0.2, 0.25) is 5.89 Å². The molecule has 0 saturated heterocycles. The summed E-state index contributed by atoms with van der Waals surface area (Å²) in [5.41, 5.74) is 4.16. The summed E-state index contributed by atoms with van der Waals surface area (Å²) in [6.07, 6.45) is 3.86. The summed E-state index contributed by atoms with van der Waals surface area (Å²) in [5.74, 6) is 0.368. The Morgan fingerprint density at radius 1 is 1.09 bits per heavy atom. The van der Waals surface area contributed by atoms with Crippen molar-refractivity contribution in [3.8, 4) is 0 Å². The molecule has 168 valence electrons. The quantitative estimate of drug-likeness (QED) is 0.502. The Hall–Kier alpha value is -2.92. The van der Waals surface area contributed by atoms with Crippen LogP contribution in [0.5, 0.6) is 0 Å². The minimum atomic E-state index is -0.216. The molecule has 1 saturated carbocycles. The van der Waals surface area contributed by atoms with E-state index in [1.54, 1.807) is 0 Å². The van der Waals surface area contributed by atoms with Crippen molar-refractivity contribution in [2.75, 3.05) is 0 Å². The minimum Gasteiger partial charge on any atom is -0.447 e. The van der Waals surface area contributed by atoms with Crippen LogP contribution in [-0.2, 0) is 18.5 Å². The fraction of sp³-hybridized carbons (Fsp3) is 0.407. The van der Waals surface area contributed by atoms with Crippen LogP contribution in [0.15, 0.2) is 65.3 Å². The van der Waals surface area contributed by atoms with E-state index < -0.39 is 0 Å². The van der Waals surface area contributed by atoms with Crippen molar-refractivity contribution in [3.63, 3.8) is 0 Å². The third kappa shape index (κ3) is 5.65. The Balaban J connectivity index is 1.38. The van der Waals surface area contributed by atoms with E-state index in [-0.39, 0.29) is 17.4 Å². The number of hydrogen-bond acceptors (Lipinski definition) is 4. The van der Waals surface area contributed by atoms with Gasteiger partial charge >= 0.3 is 0 Å². The Morgan fingerprint density at radius 3 is 2.41 bits per heavy atom. The molecule has 5 nitrogen and oxygen atoms in total. The third-order valence-corrected chi connectivity index (χ3v) is 6.04. The summed E-state index contributed by atoms with van der Waals surface area (Å²) in [7, 11) is 0. The molecule has 1 fully saturated rings. The van der Waals surface area contributed by atoms with E-state index >= 15 is 0 Å².